The zero-order chi connectivity index (χ0) is 13.7. The van der Waals surface area contributed by atoms with Crippen LogP contribution in [0.4, 0.5) is 11.4 Å². The van der Waals surface area contributed by atoms with Gasteiger partial charge in [-0.15, -0.1) is 0 Å². The van der Waals surface area contributed by atoms with Crippen molar-refractivity contribution in [2.75, 3.05) is 16.2 Å². The number of pyridine rings is 2. The lowest BCUT2D eigenvalue weighted by atomic mass is 10.2. The number of hydrogen-bond acceptors (Lipinski definition) is 5. The van der Waals surface area contributed by atoms with E-state index >= 15 is 0 Å². The first kappa shape index (κ1) is 13.3. The molecule has 100 valence electrons. The number of rotatable bonds is 5. The van der Waals surface area contributed by atoms with Crippen LogP contribution in [0.5, 0.6) is 0 Å². The summed E-state index contributed by atoms with van der Waals surface area (Å²) in [6.45, 7) is 0. The molecule has 0 unspecified atom stereocenters. The summed E-state index contributed by atoms with van der Waals surface area (Å²) in [5, 5.41) is 0. The Labute approximate surface area is 111 Å². The van der Waals surface area contributed by atoms with Crippen molar-refractivity contribution >= 4 is 21.4 Å². The summed E-state index contributed by atoms with van der Waals surface area (Å²) in [5.74, 6) is -0.0151. The number of nitrogens with zero attached hydrogens (tertiary/aromatic N) is 2. The van der Waals surface area contributed by atoms with Gasteiger partial charge in [-0.3, -0.25) is 14.7 Å². The normalized spacial score (nSPS) is 11.2. The topological polar surface area (TPSA) is 98.0 Å². The lowest BCUT2D eigenvalue weighted by molar-refractivity contribution is 0.600. The maximum Gasteiger partial charge on any atom is 0.233 e. The summed E-state index contributed by atoms with van der Waals surface area (Å²) in [6.07, 6.45) is 6.58. The molecule has 0 fully saturated rings. The van der Waals surface area contributed by atoms with E-state index in [2.05, 4.69) is 14.7 Å². The van der Waals surface area contributed by atoms with E-state index in [0.29, 0.717) is 17.8 Å². The lowest BCUT2D eigenvalue weighted by Crippen LogP contribution is -2.19. The number of aryl methyl sites for hydroxylation is 1. The summed E-state index contributed by atoms with van der Waals surface area (Å²) in [7, 11) is -3.43. The zero-order valence-electron chi connectivity index (χ0n) is 10.2. The summed E-state index contributed by atoms with van der Waals surface area (Å²) >= 11 is 0. The first-order valence-electron chi connectivity index (χ1n) is 5.66. The highest BCUT2D eigenvalue weighted by Crippen LogP contribution is 2.17. The highest BCUT2D eigenvalue weighted by atomic mass is 32.2. The molecule has 0 aliphatic heterocycles. The highest BCUT2D eigenvalue weighted by molar-refractivity contribution is 7.92. The SMILES string of the molecule is Nc1cnccc1NS(=O)(=O)CCc1ccncc1. The smallest absolute Gasteiger partial charge is 0.233 e. The van der Waals surface area contributed by atoms with Crippen molar-refractivity contribution in [2.45, 2.75) is 6.42 Å². The van der Waals surface area contributed by atoms with Gasteiger partial charge in [0.05, 0.1) is 23.3 Å². The van der Waals surface area contributed by atoms with Crippen LogP contribution in [-0.2, 0) is 16.4 Å². The van der Waals surface area contributed by atoms with Gasteiger partial charge in [-0.25, -0.2) is 8.42 Å². The van der Waals surface area contributed by atoms with E-state index < -0.39 is 10.0 Å². The van der Waals surface area contributed by atoms with Crippen molar-refractivity contribution in [3.63, 3.8) is 0 Å². The first-order valence-corrected chi connectivity index (χ1v) is 7.31. The Morgan fingerprint density at radius 2 is 1.79 bits per heavy atom. The van der Waals surface area contributed by atoms with E-state index in [-0.39, 0.29) is 5.75 Å². The van der Waals surface area contributed by atoms with Gasteiger partial charge < -0.3 is 5.73 Å². The Balaban J connectivity index is 2.02. The van der Waals surface area contributed by atoms with Crippen LogP contribution >= 0.6 is 0 Å². The number of nitrogens with one attached hydrogen (secondary N) is 1. The van der Waals surface area contributed by atoms with E-state index in [0.717, 1.165) is 5.56 Å². The minimum atomic E-state index is -3.43. The predicted molar refractivity (Wildman–Crippen MR) is 74.0 cm³/mol. The molecule has 2 rings (SSSR count). The standard InChI is InChI=1S/C12H14N4O2S/c13-11-9-15-7-3-12(11)16-19(17,18)8-4-10-1-5-14-6-2-10/h1-3,5-7,9H,4,8,13H2,(H,15,16). The second kappa shape index (κ2) is 5.66. The molecule has 19 heavy (non-hydrogen) atoms. The molecule has 2 heterocycles. The lowest BCUT2D eigenvalue weighted by Gasteiger charge is -2.09. The van der Waals surface area contributed by atoms with E-state index in [9.17, 15) is 8.42 Å². The highest BCUT2D eigenvalue weighted by Gasteiger charge is 2.12. The average molecular weight is 278 g/mol. The summed E-state index contributed by atoms with van der Waals surface area (Å²) in [5.41, 5.74) is 7.21. The van der Waals surface area contributed by atoms with E-state index in [1.165, 1.54) is 18.5 Å². The molecule has 0 bridgehead atoms. The number of nitrogen functional groups attached to an aromatic ring is 1. The Bertz CT molecular complexity index is 644. The van der Waals surface area contributed by atoms with Crippen molar-refractivity contribution in [2.24, 2.45) is 0 Å². The summed E-state index contributed by atoms with van der Waals surface area (Å²) < 4.78 is 26.3. The molecule has 6 nitrogen and oxygen atoms in total. The number of sulfonamides is 1. The number of anilines is 2. The zero-order valence-corrected chi connectivity index (χ0v) is 11.0. The van der Waals surface area contributed by atoms with Crippen molar-refractivity contribution in [1.82, 2.24) is 9.97 Å². The minimum absolute atomic E-state index is 0.0151. The van der Waals surface area contributed by atoms with Gasteiger partial charge >= 0.3 is 0 Å². The van der Waals surface area contributed by atoms with Gasteiger partial charge in [0.1, 0.15) is 0 Å². The van der Waals surface area contributed by atoms with Gasteiger partial charge in [0, 0.05) is 18.6 Å². The third-order valence-corrected chi connectivity index (χ3v) is 3.80. The maximum absolute atomic E-state index is 11.9. The number of hydrogen-bond donors (Lipinski definition) is 2. The second-order valence-corrected chi connectivity index (χ2v) is 5.83. The van der Waals surface area contributed by atoms with Gasteiger partial charge in [-0.05, 0) is 30.2 Å². The molecule has 0 amide bonds. The van der Waals surface area contributed by atoms with Crippen LogP contribution < -0.4 is 10.5 Å². The van der Waals surface area contributed by atoms with Gasteiger partial charge in [0.2, 0.25) is 10.0 Å². The molecule has 0 spiro atoms. The molecule has 0 aromatic carbocycles. The molecule has 7 heteroatoms. The molecule has 2 aromatic rings. The van der Waals surface area contributed by atoms with E-state index in [4.69, 9.17) is 5.73 Å². The fraction of sp³-hybridized carbons (Fsp3) is 0.167. The Kier molecular flexibility index (Phi) is 3.96. The van der Waals surface area contributed by atoms with Gasteiger partial charge in [-0.2, -0.15) is 0 Å². The molecule has 0 radical (unpaired) electrons. The van der Waals surface area contributed by atoms with Crippen LogP contribution in [0.1, 0.15) is 5.56 Å². The molecule has 0 saturated carbocycles. The molecule has 0 aliphatic rings. The van der Waals surface area contributed by atoms with Crippen LogP contribution in [0, 0.1) is 0 Å². The van der Waals surface area contributed by atoms with Gasteiger partial charge in [-0.1, -0.05) is 0 Å². The average Bonchev–Trinajstić information content (AvgIpc) is 2.40. The minimum Gasteiger partial charge on any atom is -0.396 e. The third-order valence-electron chi connectivity index (χ3n) is 2.53. The molecule has 0 aliphatic carbocycles. The van der Waals surface area contributed by atoms with Crippen LogP contribution in [0.3, 0.4) is 0 Å². The van der Waals surface area contributed by atoms with Crippen LogP contribution in [0.15, 0.2) is 43.0 Å². The van der Waals surface area contributed by atoms with Crippen molar-refractivity contribution in [3.8, 4) is 0 Å². The van der Waals surface area contributed by atoms with Crippen molar-refractivity contribution in [1.29, 1.82) is 0 Å². The molecule has 0 atom stereocenters. The quantitative estimate of drug-likeness (QED) is 0.851. The van der Waals surface area contributed by atoms with Gasteiger partial charge in [0.25, 0.3) is 0 Å². The molecule has 2 aromatic heterocycles. The summed E-state index contributed by atoms with van der Waals surface area (Å²) in [4.78, 5) is 7.68. The number of aromatic nitrogens is 2. The monoisotopic (exact) mass is 278 g/mol. The van der Waals surface area contributed by atoms with Crippen molar-refractivity contribution < 1.29 is 8.42 Å². The maximum atomic E-state index is 11.9. The molecule has 3 N–H and O–H groups in total. The predicted octanol–water partition coefficient (Wildman–Crippen LogP) is 1.04. The molecular formula is C12H14N4O2S. The Morgan fingerprint density at radius 1 is 1.11 bits per heavy atom. The number of nitrogens with two attached hydrogens (primary N) is 1. The Morgan fingerprint density at radius 3 is 2.47 bits per heavy atom. The van der Waals surface area contributed by atoms with E-state index in [1.54, 1.807) is 24.5 Å². The van der Waals surface area contributed by atoms with Crippen molar-refractivity contribution in [3.05, 3.63) is 48.5 Å². The Hall–Kier alpha value is -2.15. The molecule has 0 saturated heterocycles. The largest absolute Gasteiger partial charge is 0.396 e. The fourth-order valence-electron chi connectivity index (χ4n) is 1.52. The third kappa shape index (κ3) is 3.92. The van der Waals surface area contributed by atoms with Crippen LogP contribution in [-0.4, -0.2) is 24.1 Å². The van der Waals surface area contributed by atoms with Crippen LogP contribution in [0.25, 0.3) is 0 Å². The first-order chi connectivity index (χ1) is 9.07. The van der Waals surface area contributed by atoms with Crippen LogP contribution in [0.2, 0.25) is 0 Å². The summed E-state index contributed by atoms with van der Waals surface area (Å²) in [6, 6.07) is 5.10. The van der Waals surface area contributed by atoms with Gasteiger partial charge in [0.15, 0.2) is 0 Å². The van der Waals surface area contributed by atoms with E-state index in [1.807, 2.05) is 0 Å². The molecular weight excluding hydrogens is 264 g/mol. The second-order valence-electron chi connectivity index (χ2n) is 3.99. The fourth-order valence-corrected chi connectivity index (χ4v) is 2.65.